The van der Waals surface area contributed by atoms with Gasteiger partial charge in [-0.15, -0.1) is 0 Å². The van der Waals surface area contributed by atoms with Crippen LogP contribution in [0.15, 0.2) is 33.5 Å². The predicted octanol–water partition coefficient (Wildman–Crippen LogP) is 3.32. The van der Waals surface area contributed by atoms with Crippen LogP contribution >= 0.6 is 0 Å². The summed E-state index contributed by atoms with van der Waals surface area (Å²) in [5.41, 5.74) is 1.20. The lowest BCUT2D eigenvalue weighted by Gasteiger charge is -2.19. The molecule has 4 heteroatoms. The first-order valence-corrected chi connectivity index (χ1v) is 8.99. The van der Waals surface area contributed by atoms with Crippen molar-refractivity contribution in [3.8, 4) is 5.75 Å². The van der Waals surface area contributed by atoms with Crippen LogP contribution < -0.4 is 10.1 Å². The molecule has 17 heavy (non-hydrogen) atoms. The lowest BCUT2D eigenvalue weighted by Crippen LogP contribution is -2.29. The molecule has 3 nitrogen and oxygen atoms in total. The van der Waals surface area contributed by atoms with Gasteiger partial charge in [-0.05, 0) is 44.3 Å². The van der Waals surface area contributed by atoms with Crippen LogP contribution in [0.1, 0.15) is 5.56 Å². The lowest BCUT2D eigenvalue weighted by molar-refractivity contribution is 0.542. The molecule has 0 N–H and O–H groups in total. The Kier molecular flexibility index (Phi) is 2.83. The van der Waals surface area contributed by atoms with Crippen molar-refractivity contribution in [1.82, 2.24) is 0 Å². The van der Waals surface area contributed by atoms with E-state index in [0.717, 1.165) is 16.7 Å². The molecule has 0 atom stereocenters. The van der Waals surface area contributed by atoms with E-state index in [2.05, 4.69) is 19.6 Å². The Morgan fingerprint density at radius 2 is 1.88 bits per heavy atom. The molecule has 0 amide bonds. The van der Waals surface area contributed by atoms with Gasteiger partial charge in [0.15, 0.2) is 0 Å². The van der Waals surface area contributed by atoms with Gasteiger partial charge in [0.1, 0.15) is 11.3 Å². The highest BCUT2D eigenvalue weighted by Crippen LogP contribution is 2.24. The summed E-state index contributed by atoms with van der Waals surface area (Å²) < 4.78 is 11.0. The maximum absolute atomic E-state index is 11.3. The summed E-state index contributed by atoms with van der Waals surface area (Å²) in [5.74, 6) is 0.769. The van der Waals surface area contributed by atoms with Crippen LogP contribution in [-0.2, 0) is 0 Å². The predicted molar refractivity (Wildman–Crippen MR) is 71.2 cm³/mol. The topological polar surface area (TPSA) is 39.4 Å². The molecule has 0 radical (unpaired) electrons. The van der Waals surface area contributed by atoms with Crippen molar-refractivity contribution in [2.24, 2.45) is 0 Å². The Morgan fingerprint density at radius 3 is 2.53 bits per heavy atom. The maximum atomic E-state index is 11.3. The molecule has 0 unspecified atom stereocenters. The number of hydrogen-bond acceptors (Lipinski definition) is 3. The fourth-order valence-corrected chi connectivity index (χ4v) is 2.56. The van der Waals surface area contributed by atoms with E-state index in [4.69, 9.17) is 8.84 Å². The van der Waals surface area contributed by atoms with Gasteiger partial charge in [-0.3, -0.25) is 0 Å². The second-order valence-electron chi connectivity index (χ2n) is 5.12. The summed E-state index contributed by atoms with van der Waals surface area (Å²) in [6.45, 7) is 8.25. The van der Waals surface area contributed by atoms with Crippen molar-refractivity contribution in [2.45, 2.75) is 26.6 Å². The van der Waals surface area contributed by atoms with Crippen molar-refractivity contribution in [3.63, 3.8) is 0 Å². The van der Waals surface area contributed by atoms with E-state index in [0.29, 0.717) is 5.58 Å². The summed E-state index contributed by atoms with van der Waals surface area (Å²) in [7, 11) is -1.63. The zero-order valence-electron chi connectivity index (χ0n) is 10.5. The van der Waals surface area contributed by atoms with Crippen LogP contribution in [0, 0.1) is 6.92 Å². The molecule has 1 aromatic carbocycles. The van der Waals surface area contributed by atoms with Gasteiger partial charge in [0.05, 0.1) is 0 Å². The van der Waals surface area contributed by atoms with Gasteiger partial charge in [-0.2, -0.15) is 0 Å². The van der Waals surface area contributed by atoms with Crippen molar-refractivity contribution < 1.29 is 8.84 Å². The van der Waals surface area contributed by atoms with Gasteiger partial charge in [-0.1, -0.05) is 0 Å². The van der Waals surface area contributed by atoms with Crippen LogP contribution in [0.3, 0.4) is 0 Å². The molecule has 0 aliphatic heterocycles. The van der Waals surface area contributed by atoms with Gasteiger partial charge in [-0.25, -0.2) is 4.79 Å². The molecule has 0 aliphatic carbocycles. The molecule has 0 saturated carbocycles. The fraction of sp³-hybridized carbons (Fsp3) is 0.308. The standard InChI is InChI=1S/C13H16O3Si/c1-9-7-13(14)15-12-8-10(5-6-11(9)12)16-17(2,3)4/h5-8H,1-4H3. The van der Waals surface area contributed by atoms with Gasteiger partial charge >= 0.3 is 5.63 Å². The summed E-state index contributed by atoms with van der Waals surface area (Å²) >= 11 is 0. The largest absolute Gasteiger partial charge is 0.544 e. The van der Waals surface area contributed by atoms with Crippen LogP contribution in [0.2, 0.25) is 19.6 Å². The third-order valence-corrected chi connectivity index (χ3v) is 3.19. The maximum Gasteiger partial charge on any atom is 0.336 e. The van der Waals surface area contributed by atoms with Crippen molar-refractivity contribution in [2.75, 3.05) is 0 Å². The van der Waals surface area contributed by atoms with Crippen LogP contribution in [0.5, 0.6) is 5.75 Å². The summed E-state index contributed by atoms with van der Waals surface area (Å²) in [6, 6.07) is 7.15. The first-order valence-electron chi connectivity index (χ1n) is 5.59. The highest BCUT2D eigenvalue weighted by Gasteiger charge is 2.16. The third-order valence-electron chi connectivity index (χ3n) is 2.35. The Morgan fingerprint density at radius 1 is 1.18 bits per heavy atom. The summed E-state index contributed by atoms with van der Waals surface area (Å²) in [4.78, 5) is 11.3. The molecular formula is C13H16O3Si. The second-order valence-corrected chi connectivity index (χ2v) is 9.55. The zero-order chi connectivity index (χ0) is 12.6. The van der Waals surface area contributed by atoms with Crippen molar-refractivity contribution >= 4 is 19.3 Å². The van der Waals surface area contributed by atoms with Crippen LogP contribution in [0.25, 0.3) is 11.0 Å². The highest BCUT2D eigenvalue weighted by atomic mass is 28.4. The van der Waals surface area contributed by atoms with Gasteiger partial charge in [0.2, 0.25) is 8.32 Å². The molecule has 90 valence electrons. The Bertz CT molecular complexity index is 608. The molecule has 1 heterocycles. The van der Waals surface area contributed by atoms with Gasteiger partial charge in [0, 0.05) is 17.5 Å². The molecular weight excluding hydrogens is 232 g/mol. The van der Waals surface area contributed by atoms with E-state index in [9.17, 15) is 4.79 Å². The summed E-state index contributed by atoms with van der Waals surface area (Å²) in [5, 5.41) is 0.951. The van der Waals surface area contributed by atoms with Gasteiger partial charge < -0.3 is 8.84 Å². The lowest BCUT2D eigenvalue weighted by atomic mass is 10.1. The Labute approximate surface area is 101 Å². The third kappa shape index (κ3) is 2.77. The molecule has 0 bridgehead atoms. The molecule has 0 aliphatic rings. The Hall–Kier alpha value is -1.55. The van der Waals surface area contributed by atoms with Crippen molar-refractivity contribution in [1.29, 1.82) is 0 Å². The zero-order valence-corrected chi connectivity index (χ0v) is 11.5. The highest BCUT2D eigenvalue weighted by molar-refractivity contribution is 6.70. The minimum atomic E-state index is -1.63. The second kappa shape index (κ2) is 4.03. The number of fused-ring (bicyclic) bond motifs is 1. The minimum absolute atomic E-state index is 0.319. The van der Waals surface area contributed by atoms with E-state index < -0.39 is 8.32 Å². The number of rotatable bonds is 2. The first kappa shape index (κ1) is 11.9. The molecule has 0 fully saturated rings. The van der Waals surface area contributed by atoms with Crippen molar-refractivity contribution in [3.05, 3.63) is 40.2 Å². The van der Waals surface area contributed by atoms with E-state index in [-0.39, 0.29) is 5.63 Å². The quantitative estimate of drug-likeness (QED) is 0.604. The normalized spacial score (nSPS) is 11.8. The average Bonchev–Trinajstić information content (AvgIpc) is 2.13. The summed E-state index contributed by atoms with van der Waals surface area (Å²) in [6.07, 6.45) is 0. The molecule has 0 saturated heterocycles. The van der Waals surface area contributed by atoms with E-state index in [1.54, 1.807) is 6.07 Å². The monoisotopic (exact) mass is 248 g/mol. The fourth-order valence-electron chi connectivity index (χ4n) is 1.72. The molecule has 1 aromatic heterocycles. The minimum Gasteiger partial charge on any atom is -0.544 e. The molecule has 2 aromatic rings. The average molecular weight is 248 g/mol. The first-order chi connectivity index (χ1) is 7.85. The van der Waals surface area contributed by atoms with Gasteiger partial charge in [0.25, 0.3) is 0 Å². The van der Waals surface area contributed by atoms with E-state index >= 15 is 0 Å². The molecule has 2 rings (SSSR count). The van der Waals surface area contributed by atoms with E-state index in [1.807, 2.05) is 19.1 Å². The SMILES string of the molecule is Cc1cc(=O)oc2cc(O[Si](C)(C)C)ccc12. The van der Waals surface area contributed by atoms with Crippen LogP contribution in [-0.4, -0.2) is 8.32 Å². The number of benzene rings is 1. The van der Waals surface area contributed by atoms with Crippen LogP contribution in [0.4, 0.5) is 0 Å². The number of hydrogen-bond donors (Lipinski definition) is 0. The number of aryl methyl sites for hydroxylation is 1. The van der Waals surface area contributed by atoms with E-state index in [1.165, 1.54) is 6.07 Å². The molecule has 0 spiro atoms. The Balaban J connectivity index is 2.54. The smallest absolute Gasteiger partial charge is 0.336 e.